The van der Waals surface area contributed by atoms with Gasteiger partial charge in [0.2, 0.25) is 11.9 Å². The first-order valence-corrected chi connectivity index (χ1v) is 7.86. The number of nitrogen functional groups attached to an aromatic ring is 1. The van der Waals surface area contributed by atoms with Gasteiger partial charge in [0.05, 0.1) is 6.61 Å². The van der Waals surface area contributed by atoms with Gasteiger partial charge in [-0.3, -0.25) is 4.90 Å². The normalized spacial score (nSPS) is 19.8. The number of ether oxygens (including phenoxy) is 1. The van der Waals surface area contributed by atoms with Gasteiger partial charge in [0, 0.05) is 32.7 Å². The molecule has 3 rings (SSSR count). The standard InChI is InChI=1S/C14H24N6O/c1-2-9-21-14-17-12(15)16-13(18-14)20-7-5-19(6-8-20)10-11-3-4-11/h11H,2-10H2,1H3,(H2,15,16,17,18). The van der Waals surface area contributed by atoms with Crippen LogP contribution in [0.4, 0.5) is 11.9 Å². The fourth-order valence-corrected chi connectivity index (χ4v) is 2.56. The molecule has 7 nitrogen and oxygen atoms in total. The van der Waals surface area contributed by atoms with E-state index in [1.807, 2.05) is 6.92 Å². The fraction of sp³-hybridized carbons (Fsp3) is 0.786. The van der Waals surface area contributed by atoms with Crippen molar-refractivity contribution in [2.45, 2.75) is 26.2 Å². The lowest BCUT2D eigenvalue weighted by molar-refractivity contribution is 0.246. The molecule has 7 heteroatoms. The van der Waals surface area contributed by atoms with E-state index in [4.69, 9.17) is 10.5 Å². The molecule has 2 N–H and O–H groups in total. The van der Waals surface area contributed by atoms with Crippen LogP contribution >= 0.6 is 0 Å². The Labute approximate surface area is 125 Å². The van der Waals surface area contributed by atoms with E-state index >= 15 is 0 Å². The minimum Gasteiger partial charge on any atom is -0.463 e. The highest BCUT2D eigenvalue weighted by molar-refractivity contribution is 5.36. The lowest BCUT2D eigenvalue weighted by Gasteiger charge is -2.34. The zero-order chi connectivity index (χ0) is 14.7. The van der Waals surface area contributed by atoms with E-state index in [9.17, 15) is 0 Å². The Morgan fingerprint density at radius 3 is 2.57 bits per heavy atom. The first-order chi connectivity index (χ1) is 10.2. The lowest BCUT2D eigenvalue weighted by Crippen LogP contribution is -2.47. The van der Waals surface area contributed by atoms with Crippen molar-refractivity contribution < 1.29 is 4.74 Å². The van der Waals surface area contributed by atoms with E-state index in [0.717, 1.165) is 38.5 Å². The van der Waals surface area contributed by atoms with Crippen molar-refractivity contribution >= 4 is 11.9 Å². The van der Waals surface area contributed by atoms with Crippen LogP contribution in [0.25, 0.3) is 0 Å². The second kappa shape index (κ2) is 6.43. The second-order valence-electron chi connectivity index (χ2n) is 5.86. The zero-order valence-corrected chi connectivity index (χ0v) is 12.7. The van der Waals surface area contributed by atoms with Gasteiger partial charge in [-0.1, -0.05) is 6.92 Å². The minimum absolute atomic E-state index is 0.228. The number of rotatable bonds is 6. The molecular weight excluding hydrogens is 268 g/mol. The largest absolute Gasteiger partial charge is 0.463 e. The zero-order valence-electron chi connectivity index (χ0n) is 12.7. The van der Waals surface area contributed by atoms with Gasteiger partial charge in [-0.2, -0.15) is 15.0 Å². The summed E-state index contributed by atoms with van der Waals surface area (Å²) in [6.45, 7) is 7.88. The highest BCUT2D eigenvalue weighted by atomic mass is 16.5. The van der Waals surface area contributed by atoms with Gasteiger partial charge < -0.3 is 15.4 Å². The van der Waals surface area contributed by atoms with E-state index in [0.29, 0.717) is 18.6 Å². The SMILES string of the molecule is CCCOc1nc(N)nc(N2CCN(CC3CC3)CC2)n1. The summed E-state index contributed by atoms with van der Waals surface area (Å²) in [5.74, 6) is 1.81. The summed E-state index contributed by atoms with van der Waals surface area (Å²) in [6, 6.07) is 0.333. The van der Waals surface area contributed by atoms with Crippen molar-refractivity contribution in [3.8, 4) is 6.01 Å². The highest BCUT2D eigenvalue weighted by Crippen LogP contribution is 2.30. The van der Waals surface area contributed by atoms with E-state index < -0.39 is 0 Å². The minimum atomic E-state index is 0.228. The molecule has 1 saturated heterocycles. The summed E-state index contributed by atoms with van der Waals surface area (Å²) in [4.78, 5) is 17.3. The maximum absolute atomic E-state index is 5.76. The van der Waals surface area contributed by atoms with E-state index in [1.165, 1.54) is 19.4 Å². The lowest BCUT2D eigenvalue weighted by atomic mass is 10.3. The summed E-state index contributed by atoms with van der Waals surface area (Å²) >= 11 is 0. The molecule has 116 valence electrons. The highest BCUT2D eigenvalue weighted by Gasteiger charge is 2.27. The molecule has 2 fully saturated rings. The Morgan fingerprint density at radius 1 is 1.14 bits per heavy atom. The van der Waals surface area contributed by atoms with Crippen molar-refractivity contribution in [1.29, 1.82) is 0 Å². The first kappa shape index (κ1) is 14.3. The van der Waals surface area contributed by atoms with E-state index in [1.54, 1.807) is 0 Å². The summed E-state index contributed by atoms with van der Waals surface area (Å²) in [7, 11) is 0. The molecule has 1 saturated carbocycles. The summed E-state index contributed by atoms with van der Waals surface area (Å²) < 4.78 is 5.47. The van der Waals surface area contributed by atoms with Crippen LogP contribution in [-0.4, -0.2) is 59.2 Å². The van der Waals surface area contributed by atoms with Gasteiger partial charge in [0.15, 0.2) is 0 Å². The third kappa shape index (κ3) is 3.93. The van der Waals surface area contributed by atoms with Crippen LogP contribution in [0.2, 0.25) is 0 Å². The monoisotopic (exact) mass is 292 g/mol. The van der Waals surface area contributed by atoms with Crippen molar-refractivity contribution in [2.24, 2.45) is 5.92 Å². The fourth-order valence-electron chi connectivity index (χ4n) is 2.56. The molecular formula is C14H24N6O. The number of hydrogen-bond acceptors (Lipinski definition) is 7. The molecule has 1 aliphatic heterocycles. The van der Waals surface area contributed by atoms with Crippen LogP contribution in [0.15, 0.2) is 0 Å². The molecule has 0 atom stereocenters. The Kier molecular flexibility index (Phi) is 4.38. The number of piperazine rings is 1. The molecule has 0 amide bonds. The molecule has 0 aromatic carbocycles. The average Bonchev–Trinajstić information content (AvgIpc) is 3.29. The number of aromatic nitrogens is 3. The van der Waals surface area contributed by atoms with Crippen LogP contribution < -0.4 is 15.4 Å². The molecule has 0 unspecified atom stereocenters. The van der Waals surface area contributed by atoms with Crippen molar-refractivity contribution in [2.75, 3.05) is 50.0 Å². The van der Waals surface area contributed by atoms with Gasteiger partial charge in [0.1, 0.15) is 0 Å². The maximum Gasteiger partial charge on any atom is 0.323 e. The van der Waals surface area contributed by atoms with Crippen LogP contribution in [0.5, 0.6) is 6.01 Å². The topological polar surface area (TPSA) is 80.4 Å². The van der Waals surface area contributed by atoms with Crippen LogP contribution in [0, 0.1) is 5.92 Å². The van der Waals surface area contributed by atoms with Crippen LogP contribution in [-0.2, 0) is 0 Å². The van der Waals surface area contributed by atoms with Crippen molar-refractivity contribution in [3.05, 3.63) is 0 Å². The Morgan fingerprint density at radius 2 is 1.90 bits per heavy atom. The van der Waals surface area contributed by atoms with Crippen molar-refractivity contribution in [3.63, 3.8) is 0 Å². The van der Waals surface area contributed by atoms with Crippen molar-refractivity contribution in [1.82, 2.24) is 19.9 Å². The molecule has 1 aromatic rings. The summed E-state index contributed by atoms with van der Waals surface area (Å²) in [5, 5.41) is 0. The third-order valence-corrected chi connectivity index (χ3v) is 3.92. The number of hydrogen-bond donors (Lipinski definition) is 1. The summed E-state index contributed by atoms with van der Waals surface area (Å²) in [6.07, 6.45) is 3.73. The van der Waals surface area contributed by atoms with Gasteiger partial charge in [-0.15, -0.1) is 0 Å². The molecule has 2 heterocycles. The van der Waals surface area contributed by atoms with Gasteiger partial charge >= 0.3 is 6.01 Å². The molecule has 0 radical (unpaired) electrons. The average molecular weight is 292 g/mol. The maximum atomic E-state index is 5.76. The van der Waals surface area contributed by atoms with E-state index in [-0.39, 0.29) is 5.95 Å². The number of anilines is 2. The smallest absolute Gasteiger partial charge is 0.323 e. The van der Waals surface area contributed by atoms with Crippen LogP contribution in [0.1, 0.15) is 26.2 Å². The molecule has 0 spiro atoms. The molecule has 2 aliphatic rings. The molecule has 1 aliphatic carbocycles. The predicted molar refractivity (Wildman–Crippen MR) is 81.4 cm³/mol. The predicted octanol–water partition coefficient (Wildman–Crippen LogP) is 0.775. The quantitative estimate of drug-likeness (QED) is 0.829. The van der Waals surface area contributed by atoms with Gasteiger partial charge in [-0.05, 0) is 25.2 Å². The third-order valence-electron chi connectivity index (χ3n) is 3.92. The van der Waals surface area contributed by atoms with Gasteiger partial charge in [-0.25, -0.2) is 0 Å². The molecule has 1 aromatic heterocycles. The second-order valence-corrected chi connectivity index (χ2v) is 5.86. The Bertz CT molecular complexity index is 471. The Hall–Kier alpha value is -1.63. The number of nitrogens with two attached hydrogens (primary N) is 1. The van der Waals surface area contributed by atoms with Crippen LogP contribution in [0.3, 0.4) is 0 Å². The number of nitrogens with zero attached hydrogens (tertiary/aromatic N) is 5. The summed E-state index contributed by atoms with van der Waals surface area (Å²) in [5.41, 5.74) is 5.76. The van der Waals surface area contributed by atoms with Gasteiger partial charge in [0.25, 0.3) is 0 Å². The molecule has 0 bridgehead atoms. The first-order valence-electron chi connectivity index (χ1n) is 7.86. The molecule has 21 heavy (non-hydrogen) atoms. The Balaban J connectivity index is 1.59. The van der Waals surface area contributed by atoms with E-state index in [2.05, 4.69) is 24.8 Å².